The molecule has 0 N–H and O–H groups in total. The number of nitrogens with zero attached hydrogens (tertiary/aromatic N) is 2. The minimum absolute atomic E-state index is 0.0283. The second-order valence-corrected chi connectivity index (χ2v) is 5.12. The number of ether oxygens (including phenoxy) is 3. The Hall–Kier alpha value is -3.30. The smallest absolute Gasteiger partial charge is 0.387 e. The Morgan fingerprint density at radius 1 is 1.04 bits per heavy atom. The summed E-state index contributed by atoms with van der Waals surface area (Å²) in [5.74, 6) is -1.69. The normalized spacial score (nSPS) is 10.9. The fraction of sp³-hybridized carbons (Fsp3) is 0.176. The number of hydrogen-bond acceptors (Lipinski definition) is 6. The van der Waals surface area contributed by atoms with Crippen LogP contribution in [0.3, 0.4) is 0 Å². The van der Waals surface area contributed by atoms with Crippen molar-refractivity contribution in [1.82, 2.24) is 10.1 Å². The summed E-state index contributed by atoms with van der Waals surface area (Å²) in [5.41, 5.74) is 0.413. The zero-order chi connectivity index (χ0) is 19.4. The molecule has 0 unspecified atom stereocenters. The van der Waals surface area contributed by atoms with Crippen LogP contribution in [0.1, 0.15) is 5.89 Å². The number of rotatable bonds is 7. The summed E-state index contributed by atoms with van der Waals surface area (Å²) in [6.45, 7) is -3.25. The van der Waals surface area contributed by atoms with Crippen LogP contribution >= 0.6 is 0 Å². The zero-order valence-corrected chi connectivity index (χ0v) is 13.8. The largest absolute Gasteiger partial charge is 0.493 e. The lowest BCUT2D eigenvalue weighted by molar-refractivity contribution is -0.0512. The molecular formula is C17H12F4N2O4. The first kappa shape index (κ1) is 18.5. The third-order valence-electron chi connectivity index (χ3n) is 3.35. The Morgan fingerprint density at radius 3 is 2.52 bits per heavy atom. The molecule has 0 aliphatic carbocycles. The van der Waals surface area contributed by atoms with Crippen molar-refractivity contribution in [3.05, 3.63) is 53.9 Å². The molecule has 3 rings (SSSR count). The molecule has 0 saturated heterocycles. The standard InChI is InChI=1S/C17H12F4N2O4/c1-24-14-6-9(2-4-13(14)26-17(20)21)16-22-15(27-23-16)8-25-12-5-3-10(18)7-11(12)19/h2-7,17H,8H2,1H3. The van der Waals surface area contributed by atoms with Gasteiger partial charge in [-0.3, -0.25) is 0 Å². The first-order chi connectivity index (χ1) is 13.0. The highest BCUT2D eigenvalue weighted by molar-refractivity contribution is 5.60. The quantitative estimate of drug-likeness (QED) is 0.569. The molecule has 0 bridgehead atoms. The van der Waals surface area contributed by atoms with Gasteiger partial charge in [-0.25, -0.2) is 8.78 Å². The van der Waals surface area contributed by atoms with Crippen LogP contribution in [0, 0.1) is 11.6 Å². The van der Waals surface area contributed by atoms with Crippen LogP contribution < -0.4 is 14.2 Å². The van der Waals surface area contributed by atoms with Crippen LogP contribution in [0.25, 0.3) is 11.4 Å². The third kappa shape index (κ3) is 4.46. The second-order valence-electron chi connectivity index (χ2n) is 5.12. The van der Waals surface area contributed by atoms with Crippen molar-refractivity contribution in [2.45, 2.75) is 13.2 Å². The van der Waals surface area contributed by atoms with Gasteiger partial charge in [0, 0.05) is 11.6 Å². The number of halogens is 4. The Balaban J connectivity index is 1.73. The van der Waals surface area contributed by atoms with Crippen LogP contribution in [0.2, 0.25) is 0 Å². The highest BCUT2D eigenvalue weighted by Crippen LogP contribution is 2.32. The van der Waals surface area contributed by atoms with E-state index in [1.165, 1.54) is 25.3 Å². The molecule has 1 aromatic heterocycles. The first-order valence-electron chi connectivity index (χ1n) is 7.50. The van der Waals surface area contributed by atoms with Gasteiger partial charge in [-0.15, -0.1) is 0 Å². The fourth-order valence-electron chi connectivity index (χ4n) is 2.16. The molecule has 142 valence electrons. The van der Waals surface area contributed by atoms with Crippen molar-refractivity contribution in [3.63, 3.8) is 0 Å². The van der Waals surface area contributed by atoms with E-state index >= 15 is 0 Å². The molecule has 6 nitrogen and oxygen atoms in total. The highest BCUT2D eigenvalue weighted by atomic mass is 19.3. The van der Waals surface area contributed by atoms with Crippen LogP contribution in [-0.2, 0) is 6.61 Å². The number of benzene rings is 2. The molecule has 27 heavy (non-hydrogen) atoms. The zero-order valence-electron chi connectivity index (χ0n) is 13.8. The average molecular weight is 384 g/mol. The number of methoxy groups -OCH3 is 1. The molecule has 0 amide bonds. The predicted octanol–water partition coefficient (Wildman–Crippen LogP) is 4.20. The summed E-state index contributed by atoms with van der Waals surface area (Å²) >= 11 is 0. The molecule has 2 aromatic carbocycles. The lowest BCUT2D eigenvalue weighted by atomic mass is 10.2. The lowest BCUT2D eigenvalue weighted by Crippen LogP contribution is -2.03. The van der Waals surface area contributed by atoms with Crippen molar-refractivity contribution in [2.24, 2.45) is 0 Å². The monoisotopic (exact) mass is 384 g/mol. The Labute approximate surface area is 150 Å². The molecule has 0 spiro atoms. The number of alkyl halides is 2. The Morgan fingerprint density at radius 2 is 1.81 bits per heavy atom. The van der Waals surface area contributed by atoms with E-state index in [4.69, 9.17) is 14.0 Å². The molecule has 10 heteroatoms. The maximum Gasteiger partial charge on any atom is 0.387 e. The van der Waals surface area contributed by atoms with E-state index in [9.17, 15) is 17.6 Å². The third-order valence-corrected chi connectivity index (χ3v) is 3.35. The van der Waals surface area contributed by atoms with E-state index in [1.54, 1.807) is 0 Å². The van der Waals surface area contributed by atoms with Gasteiger partial charge in [0.15, 0.2) is 29.7 Å². The van der Waals surface area contributed by atoms with E-state index in [-0.39, 0.29) is 35.6 Å². The van der Waals surface area contributed by atoms with Gasteiger partial charge < -0.3 is 18.7 Å². The highest BCUT2D eigenvalue weighted by Gasteiger charge is 2.15. The van der Waals surface area contributed by atoms with Crippen LogP contribution in [-0.4, -0.2) is 23.9 Å². The minimum atomic E-state index is -2.99. The van der Waals surface area contributed by atoms with Crippen molar-refractivity contribution in [3.8, 4) is 28.6 Å². The van der Waals surface area contributed by atoms with Crippen molar-refractivity contribution in [2.75, 3.05) is 7.11 Å². The van der Waals surface area contributed by atoms with Crippen molar-refractivity contribution in [1.29, 1.82) is 0 Å². The van der Waals surface area contributed by atoms with Gasteiger partial charge >= 0.3 is 6.61 Å². The maximum absolute atomic E-state index is 13.5. The van der Waals surface area contributed by atoms with Crippen LogP contribution in [0.5, 0.6) is 17.2 Å². The molecule has 0 fully saturated rings. The van der Waals surface area contributed by atoms with Gasteiger partial charge in [0.05, 0.1) is 7.11 Å². The van der Waals surface area contributed by atoms with Gasteiger partial charge in [-0.2, -0.15) is 13.8 Å². The summed E-state index contributed by atoms with van der Waals surface area (Å²) < 4.78 is 70.6. The van der Waals surface area contributed by atoms with E-state index < -0.39 is 18.2 Å². The SMILES string of the molecule is COc1cc(-c2noc(COc3ccc(F)cc3F)n2)ccc1OC(F)F. The predicted molar refractivity (Wildman–Crippen MR) is 83.6 cm³/mol. The second kappa shape index (κ2) is 7.94. The van der Waals surface area contributed by atoms with Crippen molar-refractivity contribution >= 4 is 0 Å². The lowest BCUT2D eigenvalue weighted by Gasteiger charge is -2.10. The Kier molecular flexibility index (Phi) is 5.43. The van der Waals surface area contributed by atoms with Gasteiger partial charge in [-0.05, 0) is 30.3 Å². The fourth-order valence-corrected chi connectivity index (χ4v) is 2.16. The van der Waals surface area contributed by atoms with Gasteiger partial charge in [0.25, 0.3) is 5.89 Å². The summed E-state index contributed by atoms with van der Waals surface area (Å²) in [6.07, 6.45) is 0. The molecule has 0 aliphatic rings. The molecule has 0 radical (unpaired) electrons. The van der Waals surface area contributed by atoms with E-state index in [0.717, 1.165) is 12.1 Å². The first-order valence-corrected chi connectivity index (χ1v) is 7.50. The van der Waals surface area contributed by atoms with E-state index in [2.05, 4.69) is 14.9 Å². The minimum Gasteiger partial charge on any atom is -0.493 e. The number of hydrogen-bond donors (Lipinski definition) is 0. The van der Waals surface area contributed by atoms with Crippen LogP contribution in [0.15, 0.2) is 40.9 Å². The topological polar surface area (TPSA) is 66.6 Å². The van der Waals surface area contributed by atoms with Crippen LogP contribution in [0.4, 0.5) is 17.6 Å². The van der Waals surface area contributed by atoms with Crippen molar-refractivity contribution < 1.29 is 36.3 Å². The van der Waals surface area contributed by atoms with E-state index in [0.29, 0.717) is 11.6 Å². The van der Waals surface area contributed by atoms with Gasteiger partial charge in [-0.1, -0.05) is 5.16 Å². The summed E-state index contributed by atoms with van der Waals surface area (Å²) in [6, 6.07) is 6.98. The van der Waals surface area contributed by atoms with E-state index in [1.807, 2.05) is 0 Å². The molecule has 0 atom stereocenters. The molecule has 0 saturated carbocycles. The number of aromatic nitrogens is 2. The summed E-state index contributed by atoms with van der Waals surface area (Å²) in [5, 5.41) is 3.74. The Bertz CT molecular complexity index is 933. The summed E-state index contributed by atoms with van der Waals surface area (Å²) in [4.78, 5) is 4.06. The molecule has 3 aromatic rings. The average Bonchev–Trinajstić information content (AvgIpc) is 3.10. The van der Waals surface area contributed by atoms with Gasteiger partial charge in [0.1, 0.15) is 5.82 Å². The summed E-state index contributed by atoms with van der Waals surface area (Å²) in [7, 11) is 1.30. The molecule has 0 aliphatic heterocycles. The molecule has 1 heterocycles. The molecular weight excluding hydrogens is 372 g/mol. The van der Waals surface area contributed by atoms with Gasteiger partial charge in [0.2, 0.25) is 5.82 Å². The maximum atomic E-state index is 13.5.